The summed E-state index contributed by atoms with van der Waals surface area (Å²) in [7, 11) is 1.42. The van der Waals surface area contributed by atoms with Crippen LogP contribution in [0.2, 0.25) is 0 Å². The van der Waals surface area contributed by atoms with Crippen LogP contribution in [0.5, 0.6) is 0 Å². The van der Waals surface area contributed by atoms with E-state index in [0.717, 1.165) is 44.6 Å². The number of benzene rings is 1. The van der Waals surface area contributed by atoms with Crippen molar-refractivity contribution in [3.05, 3.63) is 35.4 Å². The predicted octanol–water partition coefficient (Wildman–Crippen LogP) is 2.47. The fourth-order valence-corrected chi connectivity index (χ4v) is 2.74. The molecule has 0 aliphatic carbocycles. The fourth-order valence-electron chi connectivity index (χ4n) is 2.74. The average Bonchev–Trinajstić information content (AvgIpc) is 2.48. The maximum Gasteiger partial charge on any atom is 0.338 e. The lowest BCUT2D eigenvalue weighted by Gasteiger charge is -2.32. The Labute approximate surface area is 120 Å². The molecule has 0 bridgehead atoms. The van der Waals surface area contributed by atoms with Gasteiger partial charge < -0.3 is 9.47 Å². The number of esters is 1. The van der Waals surface area contributed by atoms with Crippen molar-refractivity contribution < 1.29 is 14.3 Å². The molecule has 1 aromatic carbocycles. The topological polar surface area (TPSA) is 38.8 Å². The zero-order valence-electron chi connectivity index (χ0n) is 12.3. The first-order valence-corrected chi connectivity index (χ1v) is 7.24. The Morgan fingerprint density at radius 1 is 1.40 bits per heavy atom. The van der Waals surface area contributed by atoms with Gasteiger partial charge in [-0.25, -0.2) is 4.79 Å². The van der Waals surface area contributed by atoms with Crippen LogP contribution in [-0.2, 0) is 16.0 Å². The number of piperidine rings is 1. The van der Waals surface area contributed by atoms with Crippen molar-refractivity contribution in [2.45, 2.75) is 32.4 Å². The zero-order chi connectivity index (χ0) is 14.4. The van der Waals surface area contributed by atoms with Gasteiger partial charge in [0.25, 0.3) is 0 Å². The van der Waals surface area contributed by atoms with E-state index in [-0.39, 0.29) is 5.97 Å². The van der Waals surface area contributed by atoms with Crippen LogP contribution in [0, 0.1) is 0 Å². The molecule has 4 heteroatoms. The Morgan fingerprint density at radius 2 is 2.20 bits per heavy atom. The quantitative estimate of drug-likeness (QED) is 0.775. The van der Waals surface area contributed by atoms with Gasteiger partial charge in [0.1, 0.15) is 0 Å². The van der Waals surface area contributed by atoms with Gasteiger partial charge in [0, 0.05) is 19.7 Å². The third kappa shape index (κ3) is 3.81. The van der Waals surface area contributed by atoms with E-state index in [2.05, 4.69) is 4.90 Å². The lowest BCUT2D eigenvalue weighted by molar-refractivity contribution is 0.00353. The highest BCUT2D eigenvalue weighted by atomic mass is 16.5. The molecular formula is C16H23NO3. The van der Waals surface area contributed by atoms with Crippen molar-refractivity contribution >= 4 is 5.97 Å². The van der Waals surface area contributed by atoms with Gasteiger partial charge in [-0.3, -0.25) is 4.90 Å². The van der Waals surface area contributed by atoms with Gasteiger partial charge in [-0.05, 0) is 37.9 Å². The molecular weight excluding hydrogens is 254 g/mol. The van der Waals surface area contributed by atoms with E-state index < -0.39 is 0 Å². The van der Waals surface area contributed by atoms with Crippen molar-refractivity contribution in [1.29, 1.82) is 0 Å². The van der Waals surface area contributed by atoms with Crippen molar-refractivity contribution in [2.75, 3.05) is 26.8 Å². The summed E-state index contributed by atoms with van der Waals surface area (Å²) in [5.41, 5.74) is 1.69. The summed E-state index contributed by atoms with van der Waals surface area (Å²) in [4.78, 5) is 14.1. The molecule has 0 radical (unpaired) electrons. The Kier molecular flexibility index (Phi) is 5.56. The zero-order valence-corrected chi connectivity index (χ0v) is 12.3. The molecule has 1 saturated heterocycles. The summed E-state index contributed by atoms with van der Waals surface area (Å²) in [6, 6.07) is 7.66. The number of nitrogens with zero attached hydrogens (tertiary/aromatic N) is 1. The third-order valence-corrected chi connectivity index (χ3v) is 3.68. The van der Waals surface area contributed by atoms with Crippen molar-refractivity contribution in [3.8, 4) is 0 Å². The van der Waals surface area contributed by atoms with E-state index >= 15 is 0 Å². The average molecular weight is 277 g/mol. The van der Waals surface area contributed by atoms with Crippen molar-refractivity contribution in [1.82, 2.24) is 4.90 Å². The summed E-state index contributed by atoms with van der Waals surface area (Å²) in [5.74, 6) is -0.265. The van der Waals surface area contributed by atoms with Crippen LogP contribution >= 0.6 is 0 Å². The smallest absolute Gasteiger partial charge is 0.338 e. The number of ether oxygens (including phenoxy) is 2. The van der Waals surface area contributed by atoms with Crippen LogP contribution in [0.1, 0.15) is 35.7 Å². The molecule has 2 rings (SSSR count). The number of carbonyl (C=O) groups is 1. The second-order valence-corrected chi connectivity index (χ2v) is 5.10. The molecule has 1 fully saturated rings. The molecule has 4 nitrogen and oxygen atoms in total. The van der Waals surface area contributed by atoms with E-state index in [1.165, 1.54) is 7.11 Å². The van der Waals surface area contributed by atoms with E-state index in [9.17, 15) is 4.79 Å². The number of likely N-dealkylation sites (tertiary alicyclic amines) is 1. The molecule has 0 N–H and O–H groups in total. The number of rotatable bonds is 5. The van der Waals surface area contributed by atoms with Gasteiger partial charge in [0.05, 0.1) is 18.8 Å². The first-order valence-electron chi connectivity index (χ1n) is 7.24. The first-order chi connectivity index (χ1) is 9.74. The minimum atomic E-state index is -0.265. The normalized spacial score (nSPS) is 19.8. The van der Waals surface area contributed by atoms with E-state index in [1.54, 1.807) is 0 Å². The SMILES string of the molecule is CCOC1CCCN(Cc2ccccc2C(=O)OC)C1. The van der Waals surface area contributed by atoms with Crippen molar-refractivity contribution in [3.63, 3.8) is 0 Å². The van der Waals surface area contributed by atoms with Gasteiger partial charge in [-0.15, -0.1) is 0 Å². The minimum absolute atomic E-state index is 0.265. The molecule has 1 aliphatic heterocycles. The van der Waals surface area contributed by atoms with Crippen LogP contribution in [-0.4, -0.2) is 43.8 Å². The summed E-state index contributed by atoms with van der Waals surface area (Å²) in [6.07, 6.45) is 2.59. The highest BCUT2D eigenvalue weighted by molar-refractivity contribution is 5.90. The van der Waals surface area contributed by atoms with Crippen LogP contribution < -0.4 is 0 Å². The van der Waals surface area contributed by atoms with Gasteiger partial charge in [0.15, 0.2) is 0 Å². The number of hydrogen-bond donors (Lipinski definition) is 0. The van der Waals surface area contributed by atoms with Crippen LogP contribution in [0.3, 0.4) is 0 Å². The number of carbonyl (C=O) groups excluding carboxylic acids is 1. The predicted molar refractivity (Wildman–Crippen MR) is 77.7 cm³/mol. The van der Waals surface area contributed by atoms with E-state index in [0.29, 0.717) is 11.7 Å². The number of methoxy groups -OCH3 is 1. The van der Waals surface area contributed by atoms with Crippen LogP contribution in [0.15, 0.2) is 24.3 Å². The molecule has 1 aromatic rings. The molecule has 0 amide bonds. The second-order valence-electron chi connectivity index (χ2n) is 5.10. The fraction of sp³-hybridized carbons (Fsp3) is 0.562. The Morgan fingerprint density at radius 3 is 2.95 bits per heavy atom. The maximum atomic E-state index is 11.8. The molecule has 1 aliphatic rings. The monoisotopic (exact) mass is 277 g/mol. The van der Waals surface area contributed by atoms with Crippen LogP contribution in [0.25, 0.3) is 0 Å². The maximum absolute atomic E-state index is 11.8. The minimum Gasteiger partial charge on any atom is -0.465 e. The van der Waals surface area contributed by atoms with Crippen LogP contribution in [0.4, 0.5) is 0 Å². The number of hydrogen-bond acceptors (Lipinski definition) is 4. The summed E-state index contributed by atoms with van der Waals surface area (Å²) >= 11 is 0. The Bertz CT molecular complexity index is 445. The molecule has 1 heterocycles. The highest BCUT2D eigenvalue weighted by Gasteiger charge is 2.21. The molecule has 1 unspecified atom stereocenters. The lowest BCUT2D eigenvalue weighted by atomic mass is 10.0. The first kappa shape index (κ1) is 15.0. The van der Waals surface area contributed by atoms with Gasteiger partial charge in [-0.1, -0.05) is 18.2 Å². The van der Waals surface area contributed by atoms with E-state index in [4.69, 9.17) is 9.47 Å². The Hall–Kier alpha value is -1.39. The largest absolute Gasteiger partial charge is 0.465 e. The summed E-state index contributed by atoms with van der Waals surface area (Å²) in [6.45, 7) is 5.56. The highest BCUT2D eigenvalue weighted by Crippen LogP contribution is 2.18. The molecule has 20 heavy (non-hydrogen) atoms. The van der Waals surface area contributed by atoms with Crippen molar-refractivity contribution in [2.24, 2.45) is 0 Å². The summed E-state index contributed by atoms with van der Waals surface area (Å²) < 4.78 is 10.6. The lowest BCUT2D eigenvalue weighted by Crippen LogP contribution is -2.39. The second kappa shape index (κ2) is 7.41. The molecule has 0 spiro atoms. The molecule has 110 valence electrons. The molecule has 1 atom stereocenters. The standard InChI is InChI=1S/C16H23NO3/c1-3-20-14-8-6-10-17(12-14)11-13-7-4-5-9-15(13)16(18)19-2/h4-5,7,9,14H,3,6,8,10-12H2,1-2H3. The Balaban J connectivity index is 2.04. The van der Waals surface area contributed by atoms with E-state index in [1.807, 2.05) is 31.2 Å². The van der Waals surface area contributed by atoms with Gasteiger partial charge in [0.2, 0.25) is 0 Å². The van der Waals surface area contributed by atoms with Gasteiger partial charge in [-0.2, -0.15) is 0 Å². The summed E-state index contributed by atoms with van der Waals surface area (Å²) in [5, 5.41) is 0. The third-order valence-electron chi connectivity index (χ3n) is 3.68. The van der Waals surface area contributed by atoms with Gasteiger partial charge >= 0.3 is 5.97 Å². The molecule has 0 aromatic heterocycles. The molecule has 0 saturated carbocycles.